The molecule has 1 aromatic carbocycles. The van der Waals surface area contributed by atoms with E-state index in [4.69, 9.17) is 14.4 Å². The van der Waals surface area contributed by atoms with Crippen LogP contribution in [0.15, 0.2) is 22.9 Å². The van der Waals surface area contributed by atoms with Gasteiger partial charge in [-0.25, -0.2) is 8.78 Å². The minimum absolute atomic E-state index is 0.0568. The summed E-state index contributed by atoms with van der Waals surface area (Å²) in [6, 6.07) is 0.486. The second kappa shape index (κ2) is 11.0. The van der Waals surface area contributed by atoms with E-state index in [1.165, 1.54) is 24.1 Å². The van der Waals surface area contributed by atoms with E-state index in [2.05, 4.69) is 10.5 Å². The third-order valence-electron chi connectivity index (χ3n) is 5.54. The molecule has 0 bridgehead atoms. The van der Waals surface area contributed by atoms with Crippen molar-refractivity contribution in [2.75, 3.05) is 19.7 Å². The van der Waals surface area contributed by atoms with Gasteiger partial charge in [-0.2, -0.15) is 4.39 Å². The number of nitrogens with one attached hydrogen (secondary N) is 1. The highest BCUT2D eigenvalue weighted by molar-refractivity contribution is 5.94. The van der Waals surface area contributed by atoms with E-state index >= 15 is 0 Å². The molecule has 2 N–H and O–H groups in total. The van der Waals surface area contributed by atoms with Gasteiger partial charge in [-0.1, -0.05) is 5.16 Å². The van der Waals surface area contributed by atoms with E-state index in [1.807, 2.05) is 0 Å². The molecule has 1 saturated heterocycles. The molecule has 0 unspecified atom stereocenters. The molecule has 0 spiro atoms. The molecule has 0 radical (unpaired) electrons. The lowest BCUT2D eigenvalue weighted by Crippen LogP contribution is -2.49. The van der Waals surface area contributed by atoms with Crippen molar-refractivity contribution < 1.29 is 46.7 Å². The first-order chi connectivity index (χ1) is 16.6. The molecule has 13 heteroatoms. The number of nitrogens with zero attached hydrogens (tertiary/aromatic N) is 2. The van der Waals surface area contributed by atoms with Crippen LogP contribution in [0, 0.1) is 30.3 Å². The SMILES string of the molecule is Cc1cc(F)c(F)c(OCC(=O)[C@H](CC(=O)O)NC(=O)C2CCN(C(=O)c3ccno3)CC2)c1F. The number of hydrogen-bond acceptors (Lipinski definition) is 7. The Kier molecular flexibility index (Phi) is 8.10. The molecule has 188 valence electrons. The van der Waals surface area contributed by atoms with E-state index in [1.54, 1.807) is 0 Å². The molecular weight excluding hydrogens is 475 g/mol. The summed E-state index contributed by atoms with van der Waals surface area (Å²) in [5, 5.41) is 14.9. The first-order valence-electron chi connectivity index (χ1n) is 10.6. The average Bonchev–Trinajstić information content (AvgIpc) is 3.36. The highest BCUT2D eigenvalue weighted by Crippen LogP contribution is 2.27. The predicted molar refractivity (Wildman–Crippen MR) is 111 cm³/mol. The van der Waals surface area contributed by atoms with E-state index in [-0.39, 0.29) is 43.2 Å². The van der Waals surface area contributed by atoms with Gasteiger partial charge >= 0.3 is 5.97 Å². The van der Waals surface area contributed by atoms with Crippen LogP contribution >= 0.6 is 0 Å². The van der Waals surface area contributed by atoms with Gasteiger partial charge in [0.15, 0.2) is 23.2 Å². The van der Waals surface area contributed by atoms with Gasteiger partial charge in [0.2, 0.25) is 17.5 Å². The molecule has 35 heavy (non-hydrogen) atoms. The number of ether oxygens (including phenoxy) is 1. The van der Waals surface area contributed by atoms with Crippen molar-refractivity contribution in [3.8, 4) is 5.75 Å². The molecule has 1 aromatic heterocycles. The number of likely N-dealkylation sites (tertiary alicyclic amines) is 1. The lowest BCUT2D eigenvalue weighted by Gasteiger charge is -2.31. The third-order valence-corrected chi connectivity index (χ3v) is 5.54. The van der Waals surface area contributed by atoms with Crippen LogP contribution in [0.2, 0.25) is 0 Å². The maximum Gasteiger partial charge on any atom is 0.305 e. The van der Waals surface area contributed by atoms with E-state index < -0.39 is 65.8 Å². The van der Waals surface area contributed by atoms with Gasteiger partial charge in [0.1, 0.15) is 12.6 Å². The highest BCUT2D eigenvalue weighted by atomic mass is 19.2. The Balaban J connectivity index is 1.59. The van der Waals surface area contributed by atoms with Gasteiger partial charge in [-0.3, -0.25) is 19.2 Å². The number of aromatic nitrogens is 1. The topological polar surface area (TPSA) is 139 Å². The molecule has 0 saturated carbocycles. The van der Waals surface area contributed by atoms with Crippen LogP contribution in [-0.4, -0.2) is 64.5 Å². The molecule has 2 amide bonds. The Morgan fingerprint density at radius 3 is 2.51 bits per heavy atom. The summed E-state index contributed by atoms with van der Waals surface area (Å²) in [6.07, 6.45) is 1.02. The fourth-order valence-corrected chi connectivity index (χ4v) is 3.61. The van der Waals surface area contributed by atoms with Crippen molar-refractivity contribution in [1.29, 1.82) is 0 Å². The number of halogens is 3. The molecule has 10 nitrogen and oxygen atoms in total. The van der Waals surface area contributed by atoms with Crippen molar-refractivity contribution >= 4 is 23.6 Å². The number of benzene rings is 1. The number of amides is 2. The Hall–Kier alpha value is -3.90. The van der Waals surface area contributed by atoms with Crippen molar-refractivity contribution in [1.82, 2.24) is 15.4 Å². The second-order valence-electron chi connectivity index (χ2n) is 7.99. The number of rotatable bonds is 9. The first-order valence-corrected chi connectivity index (χ1v) is 10.6. The highest BCUT2D eigenvalue weighted by Gasteiger charge is 2.32. The summed E-state index contributed by atoms with van der Waals surface area (Å²) in [5.41, 5.74) is -0.255. The van der Waals surface area contributed by atoms with Crippen molar-refractivity contribution in [2.45, 2.75) is 32.2 Å². The van der Waals surface area contributed by atoms with Crippen LogP contribution in [0.5, 0.6) is 5.75 Å². The van der Waals surface area contributed by atoms with Crippen LogP contribution < -0.4 is 10.1 Å². The van der Waals surface area contributed by atoms with Gasteiger partial charge in [0, 0.05) is 25.1 Å². The Morgan fingerprint density at radius 1 is 1.23 bits per heavy atom. The number of carboxylic acid groups (broad SMARTS) is 1. The number of hydrogen-bond donors (Lipinski definition) is 2. The molecule has 2 heterocycles. The van der Waals surface area contributed by atoms with E-state index in [0.29, 0.717) is 6.07 Å². The number of aryl methyl sites for hydroxylation is 1. The lowest BCUT2D eigenvalue weighted by molar-refractivity contribution is -0.141. The number of carboxylic acids is 1. The fraction of sp³-hybridized carbons (Fsp3) is 0.409. The van der Waals surface area contributed by atoms with Crippen LogP contribution in [-0.2, 0) is 14.4 Å². The van der Waals surface area contributed by atoms with Gasteiger partial charge in [-0.15, -0.1) is 0 Å². The Morgan fingerprint density at radius 2 is 1.91 bits per heavy atom. The maximum atomic E-state index is 14.1. The molecule has 1 atom stereocenters. The second-order valence-corrected chi connectivity index (χ2v) is 7.99. The minimum Gasteiger partial charge on any atom is -0.481 e. The van der Waals surface area contributed by atoms with Crippen molar-refractivity contribution in [2.24, 2.45) is 5.92 Å². The summed E-state index contributed by atoms with van der Waals surface area (Å²) >= 11 is 0. The number of ketones is 1. The first kappa shape index (κ1) is 25.7. The van der Waals surface area contributed by atoms with Crippen LogP contribution in [0.25, 0.3) is 0 Å². The minimum atomic E-state index is -1.63. The monoisotopic (exact) mass is 497 g/mol. The van der Waals surface area contributed by atoms with E-state index in [0.717, 1.165) is 0 Å². The molecule has 1 aliphatic heterocycles. The standard InChI is InChI=1S/C22H22F3N3O7/c1-11-8-13(23)19(25)20(18(11)24)34-10-15(29)14(9-17(30)31)27-21(32)12-3-6-28(7-4-12)22(33)16-2-5-26-35-16/h2,5,8,12,14H,3-4,6-7,9-10H2,1H3,(H,27,32)(H,30,31)/t14-/m0/s1. The molecular formula is C22H22F3N3O7. The normalized spacial score (nSPS) is 14.9. The van der Waals surface area contributed by atoms with Gasteiger partial charge in [-0.05, 0) is 31.4 Å². The third kappa shape index (κ3) is 6.16. The fourth-order valence-electron chi connectivity index (χ4n) is 3.61. The van der Waals surface area contributed by atoms with Crippen molar-refractivity contribution in [3.05, 3.63) is 47.1 Å². The summed E-state index contributed by atoms with van der Waals surface area (Å²) in [6.45, 7) is 0.606. The largest absolute Gasteiger partial charge is 0.481 e. The number of carbonyl (C=O) groups excluding carboxylic acids is 3. The van der Waals surface area contributed by atoms with E-state index in [9.17, 15) is 32.3 Å². The number of aliphatic carboxylic acids is 1. The summed E-state index contributed by atoms with van der Waals surface area (Å²) in [4.78, 5) is 50.2. The molecule has 1 aliphatic rings. The lowest BCUT2D eigenvalue weighted by atomic mass is 9.95. The zero-order valence-electron chi connectivity index (χ0n) is 18.6. The zero-order valence-corrected chi connectivity index (χ0v) is 18.6. The summed E-state index contributed by atoms with van der Waals surface area (Å²) in [5.74, 6) is -9.27. The Bertz CT molecular complexity index is 1090. The molecule has 1 fully saturated rings. The van der Waals surface area contributed by atoms with Crippen molar-refractivity contribution in [3.63, 3.8) is 0 Å². The zero-order chi connectivity index (χ0) is 25.7. The summed E-state index contributed by atoms with van der Waals surface area (Å²) in [7, 11) is 0. The average molecular weight is 497 g/mol. The van der Waals surface area contributed by atoms with Gasteiger partial charge < -0.3 is 24.6 Å². The maximum absolute atomic E-state index is 14.1. The van der Waals surface area contributed by atoms with Crippen LogP contribution in [0.4, 0.5) is 13.2 Å². The van der Waals surface area contributed by atoms with Crippen LogP contribution in [0.1, 0.15) is 35.4 Å². The number of piperidine rings is 1. The Labute approximate surface area is 197 Å². The molecule has 3 rings (SSSR count). The predicted octanol–water partition coefficient (Wildman–Crippen LogP) is 1.86. The van der Waals surface area contributed by atoms with Crippen LogP contribution in [0.3, 0.4) is 0 Å². The smallest absolute Gasteiger partial charge is 0.305 e. The summed E-state index contributed by atoms with van der Waals surface area (Å²) < 4.78 is 51.2. The quantitative estimate of drug-likeness (QED) is 0.501. The van der Waals surface area contributed by atoms with Gasteiger partial charge in [0.05, 0.1) is 12.6 Å². The van der Waals surface area contributed by atoms with Gasteiger partial charge in [0.25, 0.3) is 5.91 Å². The molecule has 2 aromatic rings. The number of carbonyl (C=O) groups is 4. The molecule has 0 aliphatic carbocycles. The number of Topliss-reactive ketones (excluding diaryl/α,β-unsaturated/α-hetero) is 1.